The molecule has 2 fully saturated rings. The van der Waals surface area contributed by atoms with E-state index < -0.39 is 10.2 Å². The molecule has 29 heavy (non-hydrogen) atoms. The number of benzene rings is 1. The summed E-state index contributed by atoms with van der Waals surface area (Å²) in [4.78, 5) is 24.2. The molecular formula is C20H30N4O4S. The molecule has 0 aromatic heterocycles. The summed E-state index contributed by atoms with van der Waals surface area (Å²) in [6.07, 6.45) is 5.32. The van der Waals surface area contributed by atoms with Gasteiger partial charge < -0.3 is 10.6 Å². The van der Waals surface area contributed by atoms with Crippen molar-refractivity contribution in [3.05, 3.63) is 35.9 Å². The number of hydrogen-bond donors (Lipinski definition) is 3. The Kier molecular flexibility index (Phi) is 7.63. The van der Waals surface area contributed by atoms with Crippen LogP contribution in [0.25, 0.3) is 0 Å². The van der Waals surface area contributed by atoms with Gasteiger partial charge in [-0.15, -0.1) is 0 Å². The predicted octanol–water partition coefficient (Wildman–Crippen LogP) is 1.02. The maximum atomic E-state index is 12.3. The standard InChI is InChI=1S/C20H30N4O4S/c25-19(15-21-20(26)17-8-2-1-3-9-17)23-18-10-6-7-16(13-18)14-22-29(27,28)24-11-4-5-12-24/h1-3,8-9,16,18,22H,4-7,10-15H2,(H,21,26)(H,23,25)/t16-,18+/m1/s1. The van der Waals surface area contributed by atoms with Gasteiger partial charge in [0.15, 0.2) is 0 Å². The van der Waals surface area contributed by atoms with Crippen LogP contribution in [0.3, 0.4) is 0 Å². The molecule has 0 bridgehead atoms. The molecular weight excluding hydrogens is 392 g/mol. The van der Waals surface area contributed by atoms with Crippen LogP contribution in [0.5, 0.6) is 0 Å². The van der Waals surface area contributed by atoms with E-state index in [0.29, 0.717) is 25.2 Å². The maximum Gasteiger partial charge on any atom is 0.279 e. The summed E-state index contributed by atoms with van der Waals surface area (Å²) in [5.41, 5.74) is 0.517. The largest absolute Gasteiger partial charge is 0.352 e. The molecule has 0 unspecified atom stereocenters. The molecule has 1 saturated heterocycles. The lowest BCUT2D eigenvalue weighted by atomic mass is 9.86. The van der Waals surface area contributed by atoms with Crippen LogP contribution in [0.2, 0.25) is 0 Å². The summed E-state index contributed by atoms with van der Waals surface area (Å²) in [5, 5.41) is 5.59. The van der Waals surface area contributed by atoms with Gasteiger partial charge in [-0.05, 0) is 50.2 Å². The lowest BCUT2D eigenvalue weighted by Crippen LogP contribution is -2.46. The SMILES string of the molecule is O=C(CNC(=O)c1ccccc1)N[C@H]1CCC[C@@H](CNS(=O)(=O)N2CCCC2)C1. The van der Waals surface area contributed by atoms with E-state index in [0.717, 1.165) is 38.5 Å². The molecule has 1 aliphatic carbocycles. The van der Waals surface area contributed by atoms with Crippen LogP contribution in [0, 0.1) is 5.92 Å². The van der Waals surface area contributed by atoms with Gasteiger partial charge in [0.1, 0.15) is 0 Å². The minimum atomic E-state index is -3.40. The molecule has 3 rings (SSSR count). The molecule has 2 atom stereocenters. The first-order valence-electron chi connectivity index (χ1n) is 10.3. The summed E-state index contributed by atoms with van der Waals surface area (Å²) >= 11 is 0. The number of rotatable bonds is 8. The van der Waals surface area contributed by atoms with Gasteiger partial charge in [-0.2, -0.15) is 12.7 Å². The zero-order valence-electron chi connectivity index (χ0n) is 16.6. The van der Waals surface area contributed by atoms with Crippen LogP contribution in [0.15, 0.2) is 30.3 Å². The fourth-order valence-corrected chi connectivity index (χ4v) is 5.35. The Morgan fingerprint density at radius 2 is 1.76 bits per heavy atom. The van der Waals surface area contributed by atoms with Crippen LogP contribution >= 0.6 is 0 Å². The molecule has 1 aromatic rings. The topological polar surface area (TPSA) is 108 Å². The first-order valence-corrected chi connectivity index (χ1v) is 11.8. The summed E-state index contributed by atoms with van der Waals surface area (Å²) < 4.78 is 28.8. The molecule has 0 spiro atoms. The lowest BCUT2D eigenvalue weighted by Gasteiger charge is -2.30. The molecule has 0 radical (unpaired) electrons. The highest BCUT2D eigenvalue weighted by Gasteiger charge is 2.28. The van der Waals surface area contributed by atoms with E-state index in [-0.39, 0.29) is 30.3 Å². The predicted molar refractivity (Wildman–Crippen MR) is 110 cm³/mol. The third kappa shape index (κ3) is 6.52. The number of hydrogen-bond acceptors (Lipinski definition) is 4. The van der Waals surface area contributed by atoms with Crippen molar-refractivity contribution >= 4 is 22.0 Å². The Hall–Kier alpha value is -1.97. The fourth-order valence-electron chi connectivity index (χ4n) is 3.98. The highest BCUT2D eigenvalue weighted by atomic mass is 32.2. The van der Waals surface area contributed by atoms with E-state index in [1.807, 2.05) is 6.07 Å². The Bertz CT molecular complexity index is 794. The molecule has 3 N–H and O–H groups in total. The molecule has 1 aliphatic heterocycles. The van der Waals surface area contributed by atoms with Gasteiger partial charge in [-0.1, -0.05) is 24.6 Å². The zero-order valence-corrected chi connectivity index (χ0v) is 17.4. The van der Waals surface area contributed by atoms with Crippen molar-refractivity contribution in [1.82, 2.24) is 19.7 Å². The molecule has 2 amide bonds. The summed E-state index contributed by atoms with van der Waals surface area (Å²) in [6.45, 7) is 1.51. The summed E-state index contributed by atoms with van der Waals surface area (Å²) in [7, 11) is -3.40. The first-order chi connectivity index (χ1) is 13.9. The number of carbonyl (C=O) groups is 2. The molecule has 8 nitrogen and oxygen atoms in total. The van der Waals surface area contributed by atoms with Crippen molar-refractivity contribution in [3.63, 3.8) is 0 Å². The second-order valence-electron chi connectivity index (χ2n) is 7.81. The van der Waals surface area contributed by atoms with Gasteiger partial charge in [0, 0.05) is 31.2 Å². The third-order valence-corrected chi connectivity index (χ3v) is 7.13. The zero-order chi connectivity index (χ0) is 20.7. The Morgan fingerprint density at radius 3 is 2.48 bits per heavy atom. The maximum absolute atomic E-state index is 12.3. The number of nitrogens with zero attached hydrogens (tertiary/aromatic N) is 1. The number of carbonyl (C=O) groups excluding carboxylic acids is 2. The van der Waals surface area contributed by atoms with Gasteiger partial charge in [0.05, 0.1) is 6.54 Å². The van der Waals surface area contributed by atoms with Crippen molar-refractivity contribution in [2.24, 2.45) is 5.92 Å². The minimum absolute atomic E-state index is 0.00571. The quantitative estimate of drug-likeness (QED) is 0.581. The van der Waals surface area contributed by atoms with E-state index in [4.69, 9.17) is 0 Å². The highest BCUT2D eigenvalue weighted by Crippen LogP contribution is 2.24. The third-order valence-electron chi connectivity index (χ3n) is 5.55. The monoisotopic (exact) mass is 422 g/mol. The molecule has 160 valence electrons. The van der Waals surface area contributed by atoms with Gasteiger partial charge in [0.2, 0.25) is 5.91 Å². The smallest absolute Gasteiger partial charge is 0.279 e. The Balaban J connectivity index is 1.39. The molecule has 1 aromatic carbocycles. The van der Waals surface area contributed by atoms with E-state index in [1.54, 1.807) is 24.3 Å². The second kappa shape index (κ2) is 10.2. The Morgan fingerprint density at radius 1 is 1.03 bits per heavy atom. The summed E-state index contributed by atoms with van der Waals surface area (Å²) in [6, 6.07) is 8.77. The normalized spacial score (nSPS) is 22.9. The van der Waals surface area contributed by atoms with E-state index >= 15 is 0 Å². The number of amides is 2. The molecule has 9 heteroatoms. The minimum Gasteiger partial charge on any atom is -0.352 e. The van der Waals surface area contributed by atoms with Crippen LogP contribution in [-0.4, -0.2) is 56.8 Å². The van der Waals surface area contributed by atoms with Gasteiger partial charge in [0.25, 0.3) is 16.1 Å². The van der Waals surface area contributed by atoms with Crippen LogP contribution in [0.4, 0.5) is 0 Å². The van der Waals surface area contributed by atoms with E-state index in [9.17, 15) is 18.0 Å². The van der Waals surface area contributed by atoms with Crippen LogP contribution in [0.1, 0.15) is 48.9 Å². The van der Waals surface area contributed by atoms with Crippen LogP contribution in [-0.2, 0) is 15.0 Å². The Labute approximate surface area is 172 Å². The van der Waals surface area contributed by atoms with Crippen molar-refractivity contribution in [2.75, 3.05) is 26.2 Å². The average molecular weight is 423 g/mol. The summed E-state index contributed by atoms with van der Waals surface area (Å²) in [5.74, 6) is -0.304. The van der Waals surface area contributed by atoms with Crippen molar-refractivity contribution in [3.8, 4) is 0 Å². The van der Waals surface area contributed by atoms with Gasteiger partial charge in [-0.3, -0.25) is 9.59 Å². The lowest BCUT2D eigenvalue weighted by molar-refractivity contribution is -0.121. The highest BCUT2D eigenvalue weighted by molar-refractivity contribution is 7.87. The number of nitrogens with one attached hydrogen (secondary N) is 3. The average Bonchev–Trinajstić information content (AvgIpc) is 3.27. The fraction of sp³-hybridized carbons (Fsp3) is 0.600. The van der Waals surface area contributed by atoms with Crippen molar-refractivity contribution < 1.29 is 18.0 Å². The van der Waals surface area contributed by atoms with Gasteiger partial charge in [-0.25, -0.2) is 4.72 Å². The van der Waals surface area contributed by atoms with Crippen molar-refractivity contribution in [1.29, 1.82) is 0 Å². The molecule has 2 aliphatic rings. The molecule has 1 heterocycles. The molecule has 1 saturated carbocycles. The second-order valence-corrected chi connectivity index (χ2v) is 9.56. The first kappa shape index (κ1) is 21.7. The van der Waals surface area contributed by atoms with E-state index in [1.165, 1.54) is 4.31 Å². The van der Waals surface area contributed by atoms with Crippen molar-refractivity contribution in [2.45, 2.75) is 44.6 Å². The van der Waals surface area contributed by atoms with E-state index in [2.05, 4.69) is 15.4 Å². The van der Waals surface area contributed by atoms with Crippen LogP contribution < -0.4 is 15.4 Å². The van der Waals surface area contributed by atoms with Gasteiger partial charge >= 0.3 is 0 Å².